The minimum Gasteiger partial charge on any atom is -0.339 e. The molecule has 2 aromatic rings. The molecule has 1 saturated carbocycles. The van der Waals surface area contributed by atoms with Gasteiger partial charge in [-0.2, -0.15) is 0 Å². The number of rotatable bonds is 4. The van der Waals surface area contributed by atoms with Gasteiger partial charge in [0.15, 0.2) is 5.13 Å². The number of carbonyl (C=O) groups excluding carboxylic acids is 2. The molecule has 136 valence electrons. The van der Waals surface area contributed by atoms with Crippen molar-refractivity contribution in [1.82, 2.24) is 9.88 Å². The largest absolute Gasteiger partial charge is 0.339 e. The molecule has 6 heteroatoms. The predicted octanol–water partition coefficient (Wildman–Crippen LogP) is 3.68. The van der Waals surface area contributed by atoms with E-state index in [0.29, 0.717) is 24.1 Å². The molecular weight excluding hydrogens is 346 g/mol. The SMILES string of the molecule is Cc1cc(C)c(-c2csc(NC(=O)C3CC(=O)N(C4CC4)C3)n2)cc1C. The third-order valence-corrected chi connectivity index (χ3v) is 6.13. The Hall–Kier alpha value is -2.21. The van der Waals surface area contributed by atoms with E-state index in [4.69, 9.17) is 0 Å². The third-order valence-electron chi connectivity index (χ3n) is 5.37. The number of anilines is 1. The van der Waals surface area contributed by atoms with E-state index >= 15 is 0 Å². The number of nitrogens with zero attached hydrogens (tertiary/aromatic N) is 2. The van der Waals surface area contributed by atoms with Gasteiger partial charge in [-0.25, -0.2) is 4.98 Å². The Morgan fingerprint density at radius 3 is 2.65 bits per heavy atom. The summed E-state index contributed by atoms with van der Waals surface area (Å²) in [6.07, 6.45) is 2.47. The minimum atomic E-state index is -0.265. The smallest absolute Gasteiger partial charge is 0.231 e. The summed E-state index contributed by atoms with van der Waals surface area (Å²) in [6.45, 7) is 6.82. The van der Waals surface area contributed by atoms with E-state index in [2.05, 4.69) is 43.2 Å². The number of likely N-dealkylation sites (tertiary alicyclic amines) is 1. The van der Waals surface area contributed by atoms with Crippen LogP contribution >= 0.6 is 11.3 Å². The van der Waals surface area contributed by atoms with Crippen LogP contribution in [0, 0.1) is 26.7 Å². The maximum atomic E-state index is 12.5. The molecule has 26 heavy (non-hydrogen) atoms. The highest BCUT2D eigenvalue weighted by Gasteiger charge is 2.41. The summed E-state index contributed by atoms with van der Waals surface area (Å²) in [6, 6.07) is 4.69. The van der Waals surface area contributed by atoms with Crippen molar-refractivity contribution in [3.63, 3.8) is 0 Å². The molecule has 1 aromatic heterocycles. The molecule has 1 aliphatic carbocycles. The summed E-state index contributed by atoms with van der Waals surface area (Å²) in [5.41, 5.74) is 5.65. The lowest BCUT2D eigenvalue weighted by Crippen LogP contribution is -2.29. The van der Waals surface area contributed by atoms with Gasteiger partial charge in [0.1, 0.15) is 0 Å². The second-order valence-corrected chi connectivity index (χ2v) is 8.31. The number of thiazole rings is 1. The molecule has 2 fully saturated rings. The van der Waals surface area contributed by atoms with Gasteiger partial charge in [0.25, 0.3) is 0 Å². The van der Waals surface area contributed by atoms with E-state index in [9.17, 15) is 9.59 Å². The standard InChI is InChI=1S/C20H23N3O2S/c1-11-6-13(3)16(7-12(11)2)17-10-26-20(21-17)22-19(25)14-8-18(24)23(9-14)15-4-5-15/h6-7,10,14-15H,4-5,8-9H2,1-3H3,(H,21,22,25). The van der Waals surface area contributed by atoms with Crippen LogP contribution in [0.3, 0.4) is 0 Å². The van der Waals surface area contributed by atoms with E-state index in [0.717, 1.165) is 24.1 Å². The van der Waals surface area contributed by atoms with Crippen LogP contribution in [0.1, 0.15) is 36.0 Å². The van der Waals surface area contributed by atoms with Gasteiger partial charge in [-0.15, -0.1) is 11.3 Å². The van der Waals surface area contributed by atoms with Gasteiger partial charge in [-0.1, -0.05) is 6.07 Å². The van der Waals surface area contributed by atoms with Crippen LogP contribution in [0.25, 0.3) is 11.3 Å². The zero-order valence-corrected chi connectivity index (χ0v) is 16.2. The quantitative estimate of drug-likeness (QED) is 0.894. The number of aryl methyl sites for hydroxylation is 3. The van der Waals surface area contributed by atoms with Gasteiger partial charge in [0.2, 0.25) is 11.8 Å². The molecule has 1 N–H and O–H groups in total. The Labute approximate surface area is 157 Å². The normalized spacial score (nSPS) is 19.9. The Morgan fingerprint density at radius 1 is 1.19 bits per heavy atom. The first-order valence-corrected chi connectivity index (χ1v) is 9.94. The molecule has 0 radical (unpaired) electrons. The number of carbonyl (C=O) groups is 2. The summed E-state index contributed by atoms with van der Waals surface area (Å²) in [4.78, 5) is 31.0. The molecule has 5 nitrogen and oxygen atoms in total. The maximum absolute atomic E-state index is 12.5. The van der Waals surface area contributed by atoms with Crippen molar-refractivity contribution in [2.24, 2.45) is 5.92 Å². The van der Waals surface area contributed by atoms with Crippen molar-refractivity contribution in [3.8, 4) is 11.3 Å². The van der Waals surface area contributed by atoms with Gasteiger partial charge in [0.05, 0.1) is 11.6 Å². The van der Waals surface area contributed by atoms with E-state index in [1.165, 1.54) is 28.0 Å². The summed E-state index contributed by atoms with van der Waals surface area (Å²) in [7, 11) is 0. The molecule has 1 saturated heterocycles. The number of benzene rings is 1. The number of amides is 2. The summed E-state index contributed by atoms with van der Waals surface area (Å²) in [5.74, 6) is -0.253. The van der Waals surface area contributed by atoms with Crippen molar-refractivity contribution in [2.75, 3.05) is 11.9 Å². The van der Waals surface area contributed by atoms with Crippen molar-refractivity contribution >= 4 is 28.3 Å². The predicted molar refractivity (Wildman–Crippen MR) is 103 cm³/mol. The fourth-order valence-electron chi connectivity index (χ4n) is 3.55. The summed E-state index contributed by atoms with van der Waals surface area (Å²) in [5, 5.41) is 5.48. The zero-order valence-electron chi connectivity index (χ0n) is 15.3. The van der Waals surface area contributed by atoms with Gasteiger partial charge in [-0.3, -0.25) is 9.59 Å². The monoisotopic (exact) mass is 369 g/mol. The fraction of sp³-hybridized carbons (Fsp3) is 0.450. The molecule has 0 spiro atoms. The molecule has 1 unspecified atom stereocenters. The van der Waals surface area contributed by atoms with Gasteiger partial charge < -0.3 is 10.2 Å². The fourth-order valence-corrected chi connectivity index (χ4v) is 4.26. The molecule has 1 atom stereocenters. The Morgan fingerprint density at radius 2 is 1.92 bits per heavy atom. The van der Waals surface area contributed by atoms with Crippen molar-refractivity contribution in [1.29, 1.82) is 0 Å². The zero-order chi connectivity index (χ0) is 18.4. The first-order valence-electron chi connectivity index (χ1n) is 9.06. The number of hydrogen-bond donors (Lipinski definition) is 1. The third kappa shape index (κ3) is 3.26. The molecule has 1 aromatic carbocycles. The van der Waals surface area contributed by atoms with Gasteiger partial charge in [0, 0.05) is 30.0 Å². The second-order valence-electron chi connectivity index (χ2n) is 7.46. The highest BCUT2D eigenvalue weighted by molar-refractivity contribution is 7.14. The molecule has 4 rings (SSSR count). The lowest BCUT2D eigenvalue weighted by atomic mass is 9.99. The van der Waals surface area contributed by atoms with Crippen LogP contribution in [-0.4, -0.2) is 34.3 Å². The van der Waals surface area contributed by atoms with Gasteiger partial charge >= 0.3 is 0 Å². The van der Waals surface area contributed by atoms with Crippen molar-refractivity contribution in [3.05, 3.63) is 34.2 Å². The van der Waals surface area contributed by atoms with E-state index in [1.54, 1.807) is 0 Å². The topological polar surface area (TPSA) is 62.3 Å². The summed E-state index contributed by atoms with van der Waals surface area (Å²) >= 11 is 1.43. The lowest BCUT2D eigenvalue weighted by molar-refractivity contribution is -0.128. The van der Waals surface area contributed by atoms with E-state index in [1.807, 2.05) is 10.3 Å². The van der Waals surface area contributed by atoms with Crippen LogP contribution < -0.4 is 5.32 Å². The summed E-state index contributed by atoms with van der Waals surface area (Å²) < 4.78 is 0. The maximum Gasteiger partial charge on any atom is 0.231 e. The number of aromatic nitrogens is 1. The average molecular weight is 369 g/mol. The van der Waals surface area contributed by atoms with Crippen LogP contribution in [0.15, 0.2) is 17.5 Å². The number of nitrogens with one attached hydrogen (secondary N) is 1. The Kier molecular flexibility index (Phi) is 4.31. The highest BCUT2D eigenvalue weighted by Crippen LogP contribution is 2.34. The second kappa shape index (κ2) is 6.50. The molecule has 2 aliphatic rings. The molecular formula is C20H23N3O2S. The van der Waals surface area contributed by atoms with E-state index in [-0.39, 0.29) is 17.7 Å². The highest BCUT2D eigenvalue weighted by atomic mass is 32.1. The molecule has 1 aliphatic heterocycles. The molecule has 2 amide bonds. The molecule has 2 heterocycles. The minimum absolute atomic E-state index is 0.0980. The van der Waals surface area contributed by atoms with Crippen molar-refractivity contribution in [2.45, 2.75) is 46.1 Å². The van der Waals surface area contributed by atoms with Crippen LogP contribution in [-0.2, 0) is 9.59 Å². The molecule has 0 bridgehead atoms. The Bertz CT molecular complexity index is 885. The lowest BCUT2D eigenvalue weighted by Gasteiger charge is -2.14. The van der Waals surface area contributed by atoms with Crippen LogP contribution in [0.4, 0.5) is 5.13 Å². The first-order chi connectivity index (χ1) is 12.4. The number of hydrogen-bond acceptors (Lipinski definition) is 4. The van der Waals surface area contributed by atoms with E-state index < -0.39 is 0 Å². The first kappa shape index (κ1) is 17.2. The van der Waals surface area contributed by atoms with Gasteiger partial charge in [-0.05, 0) is 56.4 Å². The van der Waals surface area contributed by atoms with Crippen LogP contribution in [0.5, 0.6) is 0 Å². The van der Waals surface area contributed by atoms with Crippen molar-refractivity contribution < 1.29 is 9.59 Å². The average Bonchev–Trinajstić information content (AvgIpc) is 3.21. The van der Waals surface area contributed by atoms with Crippen LogP contribution in [0.2, 0.25) is 0 Å². The Balaban J connectivity index is 1.46.